The summed E-state index contributed by atoms with van der Waals surface area (Å²) in [6.07, 6.45) is 1.77. The molecule has 3 saturated heterocycles. The second-order valence-corrected chi connectivity index (χ2v) is 12.9. The summed E-state index contributed by atoms with van der Waals surface area (Å²) in [5.41, 5.74) is 3.57. The van der Waals surface area contributed by atoms with Crippen LogP contribution in [0.1, 0.15) is 43.4 Å². The summed E-state index contributed by atoms with van der Waals surface area (Å²) in [7, 11) is 0. The molecule has 2 amide bonds. The van der Waals surface area contributed by atoms with Gasteiger partial charge in [0.2, 0.25) is 11.8 Å². The number of hydrogen-bond acceptors (Lipinski definition) is 6. The number of carbonyl (C=O) groups excluding carboxylic acids is 3. The second-order valence-electron chi connectivity index (χ2n) is 11.0. The second kappa shape index (κ2) is 10.0. The molecule has 2 aromatic rings. The Balaban J connectivity index is 1.59. The van der Waals surface area contributed by atoms with Gasteiger partial charge in [0, 0.05) is 10.4 Å². The van der Waals surface area contributed by atoms with Gasteiger partial charge in [-0.15, -0.1) is 11.8 Å². The first-order chi connectivity index (χ1) is 18.2. The molecule has 1 spiro atoms. The number of thioether (sulfide) groups is 1. The van der Waals surface area contributed by atoms with Gasteiger partial charge in [0.25, 0.3) is 0 Å². The van der Waals surface area contributed by atoms with Gasteiger partial charge in [-0.25, -0.2) is 0 Å². The summed E-state index contributed by atoms with van der Waals surface area (Å²) in [5.74, 6) is -2.20. The molecule has 0 saturated carbocycles. The van der Waals surface area contributed by atoms with Crippen LogP contribution >= 0.6 is 11.8 Å². The lowest BCUT2D eigenvalue weighted by Gasteiger charge is -2.37. The van der Waals surface area contributed by atoms with E-state index in [1.165, 1.54) is 0 Å². The Labute approximate surface area is 228 Å². The van der Waals surface area contributed by atoms with Crippen LogP contribution in [0.5, 0.6) is 0 Å². The maximum Gasteiger partial charge on any atom is 0.311 e. The van der Waals surface area contributed by atoms with Crippen LogP contribution < -0.4 is 5.32 Å². The number of para-hydroxylation sites is 1. The van der Waals surface area contributed by atoms with Crippen LogP contribution in [0.3, 0.4) is 0 Å². The van der Waals surface area contributed by atoms with Crippen molar-refractivity contribution in [3.8, 4) is 0 Å². The number of likely N-dealkylation sites (tertiary alicyclic amines) is 1. The van der Waals surface area contributed by atoms with Crippen molar-refractivity contribution in [3.05, 3.63) is 65.2 Å². The minimum atomic E-state index is -0.828. The number of aliphatic hydroxyl groups is 1. The summed E-state index contributed by atoms with van der Waals surface area (Å²) in [6.45, 7) is 7.63. The van der Waals surface area contributed by atoms with Crippen molar-refractivity contribution in [2.45, 2.75) is 68.5 Å². The number of nitrogens with zero attached hydrogens (tertiary/aromatic N) is 1. The largest absolute Gasteiger partial charge is 0.466 e. The Hall–Kier alpha value is -2.84. The number of ether oxygens (including phenoxy) is 1. The van der Waals surface area contributed by atoms with Crippen molar-refractivity contribution in [2.75, 3.05) is 18.5 Å². The Morgan fingerprint density at radius 1 is 1.13 bits per heavy atom. The Morgan fingerprint density at radius 2 is 1.82 bits per heavy atom. The highest BCUT2D eigenvalue weighted by Gasteiger charge is 2.78. The van der Waals surface area contributed by atoms with Crippen molar-refractivity contribution in [2.24, 2.45) is 11.8 Å². The topological polar surface area (TPSA) is 95.9 Å². The molecule has 3 heterocycles. The minimum absolute atomic E-state index is 0.234. The van der Waals surface area contributed by atoms with Crippen LogP contribution in [-0.4, -0.2) is 62.6 Å². The maximum absolute atomic E-state index is 14.3. The summed E-state index contributed by atoms with van der Waals surface area (Å²) >= 11 is 1.61. The van der Waals surface area contributed by atoms with Crippen LogP contribution in [0, 0.1) is 25.7 Å². The molecule has 6 atom stereocenters. The number of aliphatic hydroxyl groups excluding tert-OH is 1. The van der Waals surface area contributed by atoms with E-state index in [0.717, 1.165) is 22.4 Å². The molecule has 0 aromatic heterocycles. The first-order valence-electron chi connectivity index (χ1n) is 13.4. The molecule has 0 radical (unpaired) electrons. The highest BCUT2D eigenvalue weighted by Crippen LogP contribution is 2.71. The molecule has 3 aliphatic rings. The van der Waals surface area contributed by atoms with E-state index in [9.17, 15) is 19.5 Å². The van der Waals surface area contributed by atoms with Crippen molar-refractivity contribution in [3.63, 3.8) is 0 Å². The summed E-state index contributed by atoms with van der Waals surface area (Å²) in [5, 5.41) is 13.7. The van der Waals surface area contributed by atoms with Gasteiger partial charge in [0.05, 0.1) is 35.8 Å². The average Bonchev–Trinajstić information content (AvgIpc) is 3.46. The maximum atomic E-state index is 14.3. The molecule has 202 valence electrons. The highest BCUT2D eigenvalue weighted by molar-refractivity contribution is 8.02. The third-order valence-corrected chi connectivity index (χ3v) is 10.6. The summed E-state index contributed by atoms with van der Waals surface area (Å²) in [6, 6.07) is 14.1. The number of anilines is 1. The molecule has 2 bridgehead atoms. The summed E-state index contributed by atoms with van der Waals surface area (Å²) < 4.78 is 4.21. The molecule has 8 heteroatoms. The van der Waals surface area contributed by atoms with Crippen molar-refractivity contribution >= 4 is 35.2 Å². The van der Waals surface area contributed by atoms with Crippen LogP contribution in [0.4, 0.5) is 5.69 Å². The molecule has 7 nitrogen and oxygen atoms in total. The number of amides is 2. The van der Waals surface area contributed by atoms with Crippen LogP contribution in [0.25, 0.3) is 0 Å². The van der Waals surface area contributed by atoms with Crippen molar-refractivity contribution in [1.82, 2.24) is 4.90 Å². The molecule has 2 unspecified atom stereocenters. The molecule has 2 aromatic carbocycles. The van der Waals surface area contributed by atoms with E-state index < -0.39 is 33.4 Å². The van der Waals surface area contributed by atoms with E-state index in [-0.39, 0.29) is 31.0 Å². The van der Waals surface area contributed by atoms with E-state index >= 15 is 0 Å². The lowest BCUT2D eigenvalue weighted by atomic mass is 9.66. The fourth-order valence-electron chi connectivity index (χ4n) is 6.99. The molecule has 3 fully saturated rings. The van der Waals surface area contributed by atoms with Crippen molar-refractivity contribution < 1.29 is 24.2 Å². The van der Waals surface area contributed by atoms with Gasteiger partial charge >= 0.3 is 5.97 Å². The van der Waals surface area contributed by atoms with E-state index in [0.29, 0.717) is 19.3 Å². The zero-order chi connectivity index (χ0) is 27.2. The molecular formula is C30H36N2O5S. The molecule has 38 heavy (non-hydrogen) atoms. The van der Waals surface area contributed by atoms with E-state index in [1.807, 2.05) is 69.3 Å². The predicted octanol–water partition coefficient (Wildman–Crippen LogP) is 3.89. The van der Waals surface area contributed by atoms with E-state index in [4.69, 9.17) is 4.74 Å². The monoisotopic (exact) mass is 536 g/mol. The lowest BCUT2D eigenvalue weighted by molar-refractivity contribution is -0.155. The van der Waals surface area contributed by atoms with Gasteiger partial charge in [-0.1, -0.05) is 48.5 Å². The minimum Gasteiger partial charge on any atom is -0.466 e. The Bertz CT molecular complexity index is 1230. The number of rotatable bonds is 8. The molecule has 5 rings (SSSR count). The summed E-state index contributed by atoms with van der Waals surface area (Å²) in [4.78, 5) is 43.5. The number of aryl methyl sites for hydroxylation is 2. The SMILES string of the molecule is CCOC(=O)[C@H]1[C@H]2C(=O)N([C@@H](CO)Cc3ccccc3)C(C(=O)Nc3c(C)cccc3C)C23CC[C@]1(C)S3. The fourth-order valence-corrected chi connectivity index (χ4v) is 9.32. The molecule has 3 aliphatic heterocycles. The first kappa shape index (κ1) is 26.8. The fraction of sp³-hybridized carbons (Fsp3) is 0.500. The van der Waals surface area contributed by atoms with E-state index in [2.05, 4.69) is 5.32 Å². The Kier molecular flexibility index (Phi) is 7.07. The molecular weight excluding hydrogens is 500 g/mol. The van der Waals surface area contributed by atoms with Gasteiger partial charge in [-0.05, 0) is 63.6 Å². The standard InChI is InChI=1S/C30H36N2O5S/c1-5-37-28(36)23-22-27(35)32(21(17-33)16-20-12-7-6-8-13-20)25(30(22)15-14-29(23,4)38-30)26(34)31-24-18(2)10-9-11-19(24)3/h6-13,21-23,25,33H,5,14-17H2,1-4H3,(H,31,34)/t21-,22+,23-,25?,29+,30?/m1/s1. The third kappa shape index (κ3) is 4.13. The number of fused-ring (bicyclic) bond motifs is 1. The lowest BCUT2D eigenvalue weighted by Crippen LogP contribution is -2.55. The number of nitrogens with one attached hydrogen (secondary N) is 1. The normalized spacial score (nSPS) is 30.3. The van der Waals surface area contributed by atoms with Gasteiger partial charge in [-0.2, -0.15) is 0 Å². The molecule has 2 N–H and O–H groups in total. The molecule has 0 aliphatic carbocycles. The quantitative estimate of drug-likeness (QED) is 0.497. The van der Waals surface area contributed by atoms with Gasteiger partial charge in [0.15, 0.2) is 0 Å². The number of benzene rings is 2. The Morgan fingerprint density at radius 3 is 2.45 bits per heavy atom. The van der Waals surface area contributed by atoms with Gasteiger partial charge in [-0.3, -0.25) is 14.4 Å². The van der Waals surface area contributed by atoms with Crippen LogP contribution in [0.2, 0.25) is 0 Å². The average molecular weight is 537 g/mol. The van der Waals surface area contributed by atoms with Gasteiger partial charge < -0.3 is 20.1 Å². The first-order valence-corrected chi connectivity index (χ1v) is 14.2. The smallest absolute Gasteiger partial charge is 0.311 e. The van der Waals surface area contributed by atoms with Crippen LogP contribution in [0.15, 0.2) is 48.5 Å². The highest BCUT2D eigenvalue weighted by atomic mass is 32.2. The zero-order valence-electron chi connectivity index (χ0n) is 22.4. The van der Waals surface area contributed by atoms with Crippen LogP contribution in [-0.2, 0) is 25.5 Å². The zero-order valence-corrected chi connectivity index (χ0v) is 23.2. The number of hydrogen-bond donors (Lipinski definition) is 2. The van der Waals surface area contributed by atoms with Gasteiger partial charge in [0.1, 0.15) is 6.04 Å². The predicted molar refractivity (Wildman–Crippen MR) is 148 cm³/mol. The number of esters is 1. The van der Waals surface area contributed by atoms with E-state index in [1.54, 1.807) is 23.6 Å². The third-order valence-electron chi connectivity index (χ3n) is 8.65. The van der Waals surface area contributed by atoms with Crippen molar-refractivity contribution in [1.29, 1.82) is 0 Å². The number of carbonyl (C=O) groups is 3.